The Morgan fingerprint density at radius 3 is 2.57 bits per heavy atom. The number of nitrogens with zero attached hydrogens (tertiary/aromatic N) is 3. The molecule has 0 aliphatic carbocycles. The number of thiazole rings is 1. The van der Waals surface area contributed by atoms with Crippen LogP contribution in [-0.4, -0.2) is 43.9 Å². The van der Waals surface area contributed by atoms with E-state index in [0.717, 1.165) is 9.60 Å². The van der Waals surface area contributed by atoms with Crippen molar-refractivity contribution in [2.45, 2.75) is 4.90 Å². The van der Waals surface area contributed by atoms with Gasteiger partial charge in [-0.25, -0.2) is 13.4 Å². The summed E-state index contributed by atoms with van der Waals surface area (Å²) < 4.78 is 27.5. The highest BCUT2D eigenvalue weighted by molar-refractivity contribution is 9.10. The first kappa shape index (κ1) is 15.0. The number of piperazine rings is 1. The molecular formula is C13H14BrN3O2S2. The number of anilines is 1. The first-order valence-electron chi connectivity index (χ1n) is 6.47. The van der Waals surface area contributed by atoms with E-state index >= 15 is 0 Å². The zero-order valence-electron chi connectivity index (χ0n) is 11.1. The highest BCUT2D eigenvalue weighted by atomic mass is 79.9. The van der Waals surface area contributed by atoms with Gasteiger partial charge in [-0.3, -0.25) is 0 Å². The minimum Gasteiger partial charge on any atom is -0.345 e. The Bertz CT molecular complexity index is 711. The predicted octanol–water partition coefficient (Wildman–Crippen LogP) is 2.42. The Balaban J connectivity index is 1.74. The quantitative estimate of drug-likeness (QED) is 0.811. The Labute approximate surface area is 136 Å². The molecule has 0 radical (unpaired) electrons. The number of aromatic nitrogens is 1. The van der Waals surface area contributed by atoms with Crippen molar-refractivity contribution >= 4 is 42.4 Å². The van der Waals surface area contributed by atoms with Gasteiger partial charge >= 0.3 is 0 Å². The molecule has 1 aliphatic heterocycles. The normalized spacial score (nSPS) is 17.1. The van der Waals surface area contributed by atoms with Gasteiger partial charge in [-0.1, -0.05) is 22.0 Å². The Morgan fingerprint density at radius 1 is 1.19 bits per heavy atom. The van der Waals surface area contributed by atoms with Crippen LogP contribution in [0.25, 0.3) is 0 Å². The SMILES string of the molecule is O=S(=O)(c1cccc(Br)c1)N1CCN(c2nccs2)CC1. The molecule has 1 fully saturated rings. The fourth-order valence-corrected chi connectivity index (χ4v) is 4.98. The molecule has 21 heavy (non-hydrogen) atoms. The van der Waals surface area contributed by atoms with E-state index in [1.165, 1.54) is 0 Å². The molecule has 0 spiro atoms. The zero-order chi connectivity index (χ0) is 14.9. The van der Waals surface area contributed by atoms with Crippen molar-refractivity contribution in [3.05, 3.63) is 40.3 Å². The Morgan fingerprint density at radius 2 is 1.95 bits per heavy atom. The third-order valence-electron chi connectivity index (χ3n) is 3.36. The minimum atomic E-state index is -3.42. The van der Waals surface area contributed by atoms with Gasteiger partial charge in [0.2, 0.25) is 10.0 Å². The molecule has 5 nitrogen and oxygen atoms in total. The van der Waals surface area contributed by atoms with Crippen LogP contribution in [0.4, 0.5) is 5.13 Å². The Kier molecular flexibility index (Phi) is 4.30. The summed E-state index contributed by atoms with van der Waals surface area (Å²) in [5.74, 6) is 0. The minimum absolute atomic E-state index is 0.333. The lowest BCUT2D eigenvalue weighted by molar-refractivity contribution is 0.384. The topological polar surface area (TPSA) is 53.5 Å². The van der Waals surface area contributed by atoms with Crippen LogP contribution in [0, 0.1) is 0 Å². The maximum Gasteiger partial charge on any atom is 0.243 e. The van der Waals surface area contributed by atoms with Crippen LogP contribution in [0.15, 0.2) is 45.2 Å². The molecule has 8 heteroatoms. The van der Waals surface area contributed by atoms with Gasteiger partial charge in [0.15, 0.2) is 5.13 Å². The maximum absolute atomic E-state index is 12.6. The summed E-state index contributed by atoms with van der Waals surface area (Å²) in [6, 6.07) is 6.83. The van der Waals surface area contributed by atoms with Gasteiger partial charge < -0.3 is 4.90 Å². The fourth-order valence-electron chi connectivity index (χ4n) is 2.27. The number of rotatable bonds is 3. The van der Waals surface area contributed by atoms with Crippen molar-refractivity contribution in [1.82, 2.24) is 9.29 Å². The largest absolute Gasteiger partial charge is 0.345 e. The van der Waals surface area contributed by atoms with Crippen molar-refractivity contribution < 1.29 is 8.42 Å². The average molecular weight is 388 g/mol. The van der Waals surface area contributed by atoms with E-state index in [1.807, 2.05) is 11.4 Å². The summed E-state index contributed by atoms with van der Waals surface area (Å²) in [6.07, 6.45) is 1.77. The molecule has 0 amide bonds. The predicted molar refractivity (Wildman–Crippen MR) is 87.2 cm³/mol. The summed E-state index contributed by atoms with van der Waals surface area (Å²) in [5, 5.41) is 2.88. The third-order valence-corrected chi connectivity index (χ3v) is 6.58. The van der Waals surface area contributed by atoms with Crippen molar-refractivity contribution in [3.63, 3.8) is 0 Å². The number of sulfonamides is 1. The third kappa shape index (κ3) is 3.13. The average Bonchev–Trinajstić information content (AvgIpc) is 3.02. The van der Waals surface area contributed by atoms with Gasteiger partial charge in [0.05, 0.1) is 4.90 Å². The summed E-state index contributed by atoms with van der Waals surface area (Å²) >= 11 is 4.89. The number of benzene rings is 1. The molecule has 1 aromatic heterocycles. The molecule has 0 atom stereocenters. The van der Waals surface area contributed by atoms with E-state index in [0.29, 0.717) is 31.1 Å². The summed E-state index contributed by atoms with van der Waals surface area (Å²) in [7, 11) is -3.42. The standard InChI is InChI=1S/C13H14BrN3O2S2/c14-11-2-1-3-12(10-11)21(18,19)17-7-5-16(6-8-17)13-15-4-9-20-13/h1-4,9-10H,5-8H2. The van der Waals surface area contributed by atoms with Crippen LogP contribution in [-0.2, 0) is 10.0 Å². The molecule has 1 saturated heterocycles. The van der Waals surface area contributed by atoms with Crippen molar-refractivity contribution in [1.29, 1.82) is 0 Å². The number of halogens is 1. The molecule has 0 bridgehead atoms. The van der Waals surface area contributed by atoms with Gasteiger partial charge in [-0.05, 0) is 18.2 Å². The molecule has 1 aromatic carbocycles. The van der Waals surface area contributed by atoms with E-state index < -0.39 is 10.0 Å². The first-order chi connectivity index (χ1) is 10.1. The summed E-state index contributed by atoms with van der Waals surface area (Å²) in [6.45, 7) is 2.30. The number of hydrogen-bond acceptors (Lipinski definition) is 5. The molecule has 0 saturated carbocycles. The summed E-state index contributed by atoms with van der Waals surface area (Å²) in [4.78, 5) is 6.72. The summed E-state index contributed by atoms with van der Waals surface area (Å²) in [5.41, 5.74) is 0. The van der Waals surface area contributed by atoms with E-state index in [1.54, 1.807) is 40.0 Å². The highest BCUT2D eigenvalue weighted by Crippen LogP contribution is 2.23. The first-order valence-corrected chi connectivity index (χ1v) is 9.59. The van der Waals surface area contributed by atoms with E-state index in [2.05, 4.69) is 25.8 Å². The molecule has 2 heterocycles. The molecule has 2 aromatic rings. The van der Waals surface area contributed by atoms with Crippen LogP contribution in [0.2, 0.25) is 0 Å². The van der Waals surface area contributed by atoms with E-state index in [9.17, 15) is 8.42 Å². The molecule has 0 N–H and O–H groups in total. The van der Waals surface area contributed by atoms with Gasteiger partial charge in [0.1, 0.15) is 0 Å². The van der Waals surface area contributed by atoms with Crippen LogP contribution in [0.5, 0.6) is 0 Å². The monoisotopic (exact) mass is 387 g/mol. The second-order valence-corrected chi connectivity index (χ2v) is 8.39. The second-order valence-electron chi connectivity index (χ2n) is 4.66. The zero-order valence-corrected chi connectivity index (χ0v) is 14.4. The second kappa shape index (κ2) is 6.04. The van der Waals surface area contributed by atoms with Gasteiger partial charge in [0.25, 0.3) is 0 Å². The van der Waals surface area contributed by atoms with Crippen LogP contribution in [0.3, 0.4) is 0 Å². The molecule has 3 rings (SSSR count). The fraction of sp³-hybridized carbons (Fsp3) is 0.308. The van der Waals surface area contributed by atoms with Crippen molar-refractivity contribution in [2.24, 2.45) is 0 Å². The van der Waals surface area contributed by atoms with E-state index in [-0.39, 0.29) is 0 Å². The smallest absolute Gasteiger partial charge is 0.243 e. The molecular weight excluding hydrogens is 374 g/mol. The van der Waals surface area contributed by atoms with Crippen LogP contribution < -0.4 is 4.90 Å². The molecule has 0 unspecified atom stereocenters. The highest BCUT2D eigenvalue weighted by Gasteiger charge is 2.29. The maximum atomic E-state index is 12.6. The van der Waals surface area contributed by atoms with E-state index in [4.69, 9.17) is 0 Å². The lowest BCUT2D eigenvalue weighted by atomic mass is 10.4. The Hall–Kier alpha value is -0.960. The van der Waals surface area contributed by atoms with Crippen molar-refractivity contribution in [3.8, 4) is 0 Å². The van der Waals surface area contributed by atoms with Crippen molar-refractivity contribution in [2.75, 3.05) is 31.1 Å². The lowest BCUT2D eigenvalue weighted by Crippen LogP contribution is -2.48. The van der Waals surface area contributed by atoms with Gasteiger partial charge in [0, 0.05) is 42.2 Å². The molecule has 1 aliphatic rings. The molecule has 112 valence electrons. The van der Waals surface area contributed by atoms with Crippen LogP contribution >= 0.6 is 27.3 Å². The van der Waals surface area contributed by atoms with Gasteiger partial charge in [-0.2, -0.15) is 4.31 Å². The number of hydrogen-bond donors (Lipinski definition) is 0. The van der Waals surface area contributed by atoms with Gasteiger partial charge in [-0.15, -0.1) is 11.3 Å². The van der Waals surface area contributed by atoms with Crippen LogP contribution in [0.1, 0.15) is 0 Å². The lowest BCUT2D eigenvalue weighted by Gasteiger charge is -2.33.